The SMILES string of the molecule is CCCC/C=C\c1cc2nc(SC(F)(F)F)[nH]c2cc1Cl. The average Bonchev–Trinajstić information content (AvgIpc) is 2.73. The van der Waals surface area contributed by atoms with E-state index in [9.17, 15) is 13.2 Å². The number of nitrogens with one attached hydrogen (secondary N) is 1. The molecule has 1 aromatic heterocycles. The summed E-state index contributed by atoms with van der Waals surface area (Å²) in [4.78, 5) is 6.56. The Balaban J connectivity index is 2.25. The number of alkyl halides is 3. The molecule has 0 saturated carbocycles. The van der Waals surface area contributed by atoms with Crippen molar-refractivity contribution in [3.63, 3.8) is 0 Å². The van der Waals surface area contributed by atoms with E-state index in [1.165, 1.54) is 0 Å². The molecule has 1 aromatic carbocycles. The normalized spacial score (nSPS) is 12.6. The molecule has 1 heterocycles. The first-order chi connectivity index (χ1) is 9.89. The van der Waals surface area contributed by atoms with E-state index in [-0.39, 0.29) is 16.9 Å². The highest BCUT2D eigenvalue weighted by molar-refractivity contribution is 8.00. The largest absolute Gasteiger partial charge is 0.449 e. The summed E-state index contributed by atoms with van der Waals surface area (Å²) in [6.07, 6.45) is 7.03. The average molecular weight is 335 g/mol. The maximum atomic E-state index is 12.3. The summed E-state index contributed by atoms with van der Waals surface area (Å²) < 4.78 is 37.0. The number of allylic oxidation sites excluding steroid dienone is 1. The molecule has 1 N–H and O–H groups in total. The van der Waals surface area contributed by atoms with Crippen molar-refractivity contribution in [1.82, 2.24) is 9.97 Å². The van der Waals surface area contributed by atoms with Gasteiger partial charge in [0.25, 0.3) is 0 Å². The predicted molar refractivity (Wildman–Crippen MR) is 81.6 cm³/mol. The first kappa shape index (κ1) is 16.2. The Hall–Kier alpha value is -1.14. The summed E-state index contributed by atoms with van der Waals surface area (Å²) >= 11 is 5.87. The zero-order valence-electron chi connectivity index (χ0n) is 11.3. The Bertz CT molecular complexity index is 649. The summed E-state index contributed by atoms with van der Waals surface area (Å²) in [5.74, 6) is 0. The molecule has 21 heavy (non-hydrogen) atoms. The molecule has 114 valence electrons. The van der Waals surface area contributed by atoms with Crippen LogP contribution in [0.25, 0.3) is 17.1 Å². The van der Waals surface area contributed by atoms with Crippen molar-refractivity contribution in [2.45, 2.75) is 36.9 Å². The molecule has 0 amide bonds. The van der Waals surface area contributed by atoms with Crippen LogP contribution < -0.4 is 0 Å². The molecule has 0 aliphatic rings. The summed E-state index contributed by atoms with van der Waals surface area (Å²) in [6, 6.07) is 3.29. The maximum Gasteiger partial charge on any atom is 0.449 e. The Morgan fingerprint density at radius 2 is 2.14 bits per heavy atom. The second-order valence-corrected chi connectivity index (χ2v) is 5.99. The second kappa shape index (κ2) is 6.75. The van der Waals surface area contributed by atoms with Crippen molar-refractivity contribution in [2.24, 2.45) is 0 Å². The van der Waals surface area contributed by atoms with E-state index < -0.39 is 5.51 Å². The number of thioether (sulfide) groups is 1. The third-order valence-corrected chi connectivity index (χ3v) is 3.76. The minimum Gasteiger partial charge on any atom is -0.333 e. The van der Waals surface area contributed by atoms with Crippen molar-refractivity contribution in [3.05, 3.63) is 28.8 Å². The molecular formula is C14H14ClF3N2S. The number of unbranched alkanes of at least 4 members (excludes halogenated alkanes) is 2. The first-order valence-corrected chi connectivity index (χ1v) is 7.70. The lowest BCUT2D eigenvalue weighted by Crippen LogP contribution is -1.99. The van der Waals surface area contributed by atoms with E-state index in [1.54, 1.807) is 12.1 Å². The Morgan fingerprint density at radius 1 is 1.38 bits per heavy atom. The molecule has 2 nitrogen and oxygen atoms in total. The number of imidazole rings is 1. The fraction of sp³-hybridized carbons (Fsp3) is 0.357. The smallest absolute Gasteiger partial charge is 0.333 e. The number of fused-ring (bicyclic) bond motifs is 1. The molecule has 7 heteroatoms. The molecule has 0 aliphatic carbocycles. The van der Waals surface area contributed by atoms with Crippen molar-refractivity contribution < 1.29 is 13.2 Å². The summed E-state index contributed by atoms with van der Waals surface area (Å²) in [5, 5.41) is 0.308. The van der Waals surface area contributed by atoms with Crippen molar-refractivity contribution >= 4 is 40.5 Å². The number of hydrogen-bond acceptors (Lipinski definition) is 2. The van der Waals surface area contributed by atoms with E-state index in [1.807, 2.05) is 12.2 Å². The van der Waals surface area contributed by atoms with Crippen molar-refractivity contribution in [2.75, 3.05) is 0 Å². The quantitative estimate of drug-likeness (QED) is 0.534. The molecular weight excluding hydrogens is 321 g/mol. The molecule has 0 radical (unpaired) electrons. The molecule has 2 rings (SSSR count). The lowest BCUT2D eigenvalue weighted by molar-refractivity contribution is -0.0330. The van der Waals surface area contributed by atoms with Crippen molar-refractivity contribution in [1.29, 1.82) is 0 Å². The van der Waals surface area contributed by atoms with Crippen LogP contribution >= 0.6 is 23.4 Å². The van der Waals surface area contributed by atoms with E-state index >= 15 is 0 Å². The van der Waals surface area contributed by atoms with Crippen LogP contribution in [0.15, 0.2) is 23.4 Å². The van der Waals surface area contributed by atoms with Gasteiger partial charge in [0.1, 0.15) is 0 Å². The topological polar surface area (TPSA) is 28.7 Å². The Labute approximate surface area is 129 Å². The summed E-state index contributed by atoms with van der Waals surface area (Å²) in [7, 11) is 0. The van der Waals surface area contributed by atoms with Gasteiger partial charge in [-0.3, -0.25) is 0 Å². The molecule has 0 aliphatic heterocycles. The number of H-pyrrole nitrogens is 1. The van der Waals surface area contributed by atoms with Crippen LogP contribution in [0.2, 0.25) is 5.02 Å². The zero-order valence-corrected chi connectivity index (χ0v) is 12.9. The number of halogens is 4. The van der Waals surface area contributed by atoms with Gasteiger partial charge in [-0.25, -0.2) is 4.98 Å². The molecule has 0 spiro atoms. The monoisotopic (exact) mass is 334 g/mol. The van der Waals surface area contributed by atoms with Crippen LogP contribution in [0.3, 0.4) is 0 Å². The van der Waals surface area contributed by atoms with Gasteiger partial charge in [0.2, 0.25) is 0 Å². The highest BCUT2D eigenvalue weighted by Crippen LogP contribution is 2.36. The Morgan fingerprint density at radius 3 is 2.81 bits per heavy atom. The van der Waals surface area contributed by atoms with E-state index in [2.05, 4.69) is 16.9 Å². The van der Waals surface area contributed by atoms with Crippen LogP contribution in [-0.2, 0) is 0 Å². The van der Waals surface area contributed by atoms with Gasteiger partial charge < -0.3 is 4.98 Å². The zero-order chi connectivity index (χ0) is 15.5. The third-order valence-electron chi connectivity index (χ3n) is 2.81. The number of aromatic amines is 1. The van der Waals surface area contributed by atoms with Gasteiger partial charge in [-0.1, -0.05) is 43.5 Å². The highest BCUT2D eigenvalue weighted by atomic mass is 35.5. The van der Waals surface area contributed by atoms with Gasteiger partial charge in [-0.2, -0.15) is 13.2 Å². The lowest BCUT2D eigenvalue weighted by Gasteiger charge is -2.00. The molecule has 0 unspecified atom stereocenters. The standard InChI is InChI=1S/C14H14ClF3N2S/c1-2-3-4-5-6-9-7-11-12(8-10(9)15)20-13(19-11)21-14(16,17)18/h5-8H,2-4H2,1H3,(H,19,20)/b6-5-. The van der Waals surface area contributed by atoms with Crippen LogP contribution in [0.4, 0.5) is 13.2 Å². The van der Waals surface area contributed by atoms with Crippen molar-refractivity contribution in [3.8, 4) is 0 Å². The van der Waals surface area contributed by atoms with Gasteiger partial charge in [0.15, 0.2) is 5.16 Å². The number of benzene rings is 1. The lowest BCUT2D eigenvalue weighted by atomic mass is 10.1. The number of nitrogens with zero attached hydrogens (tertiary/aromatic N) is 1. The van der Waals surface area contributed by atoms with Crippen LogP contribution in [0.5, 0.6) is 0 Å². The highest BCUT2D eigenvalue weighted by Gasteiger charge is 2.31. The number of rotatable bonds is 5. The van der Waals surface area contributed by atoms with E-state index in [0.717, 1.165) is 24.8 Å². The van der Waals surface area contributed by atoms with Crippen LogP contribution in [0.1, 0.15) is 31.7 Å². The maximum absolute atomic E-state index is 12.3. The molecule has 0 bridgehead atoms. The fourth-order valence-electron chi connectivity index (χ4n) is 1.84. The molecule has 2 aromatic rings. The number of aromatic nitrogens is 2. The van der Waals surface area contributed by atoms with Gasteiger partial charge in [-0.05, 0) is 24.1 Å². The van der Waals surface area contributed by atoms with Gasteiger partial charge in [0, 0.05) is 11.8 Å². The number of hydrogen-bond donors (Lipinski definition) is 1. The molecule has 0 fully saturated rings. The van der Waals surface area contributed by atoms with Gasteiger partial charge in [-0.15, -0.1) is 0 Å². The van der Waals surface area contributed by atoms with Gasteiger partial charge >= 0.3 is 5.51 Å². The molecule has 0 saturated heterocycles. The van der Waals surface area contributed by atoms with Crippen LogP contribution in [-0.4, -0.2) is 15.5 Å². The second-order valence-electron chi connectivity index (χ2n) is 4.53. The molecule has 0 atom stereocenters. The summed E-state index contributed by atoms with van der Waals surface area (Å²) in [5.41, 5.74) is -2.63. The first-order valence-electron chi connectivity index (χ1n) is 6.50. The Kier molecular flexibility index (Phi) is 5.22. The minimum absolute atomic E-state index is 0.180. The van der Waals surface area contributed by atoms with E-state index in [0.29, 0.717) is 16.1 Å². The van der Waals surface area contributed by atoms with Crippen LogP contribution in [0, 0.1) is 0 Å². The predicted octanol–water partition coefficient (Wildman–Crippen LogP) is 6.03. The summed E-state index contributed by atoms with van der Waals surface area (Å²) in [6.45, 7) is 2.11. The third kappa shape index (κ3) is 4.68. The minimum atomic E-state index is -4.36. The van der Waals surface area contributed by atoms with Gasteiger partial charge in [0.05, 0.1) is 16.1 Å². The fourth-order valence-corrected chi connectivity index (χ4v) is 2.59. The van der Waals surface area contributed by atoms with E-state index in [4.69, 9.17) is 11.6 Å².